The molecule has 0 atom stereocenters. The maximum absolute atomic E-state index is 12.4. The molecular weight excluding hydrogens is 274 g/mol. The van der Waals surface area contributed by atoms with Crippen molar-refractivity contribution >= 4 is 23.1 Å². The molecule has 1 heterocycles. The van der Waals surface area contributed by atoms with Gasteiger partial charge in [0.15, 0.2) is 5.84 Å². The van der Waals surface area contributed by atoms with Crippen molar-refractivity contribution in [1.82, 2.24) is 5.32 Å². The highest BCUT2D eigenvalue weighted by Crippen LogP contribution is 2.28. The third-order valence-corrected chi connectivity index (χ3v) is 4.87. The Labute approximate surface area is 122 Å². The summed E-state index contributed by atoms with van der Waals surface area (Å²) in [6, 6.07) is 3.73. The van der Waals surface area contributed by atoms with Crippen LogP contribution >= 0.6 is 11.3 Å². The van der Waals surface area contributed by atoms with Crippen LogP contribution in [0.2, 0.25) is 0 Å². The van der Waals surface area contributed by atoms with Crippen LogP contribution < -0.4 is 11.1 Å². The number of nitrogens with one attached hydrogen (secondary N) is 1. The Morgan fingerprint density at radius 2 is 2.00 bits per heavy atom. The number of amides is 1. The van der Waals surface area contributed by atoms with Gasteiger partial charge in [-0.1, -0.05) is 30.8 Å². The molecule has 1 saturated carbocycles. The predicted molar refractivity (Wildman–Crippen MR) is 80.4 cm³/mol. The highest BCUT2D eigenvalue weighted by molar-refractivity contribution is 7.13. The van der Waals surface area contributed by atoms with E-state index in [0.29, 0.717) is 4.88 Å². The summed E-state index contributed by atoms with van der Waals surface area (Å²) in [5.74, 6) is -0.0300. The van der Waals surface area contributed by atoms with Crippen molar-refractivity contribution in [2.24, 2.45) is 10.9 Å². The fraction of sp³-hybridized carbons (Fsp3) is 0.571. The van der Waals surface area contributed by atoms with Crippen molar-refractivity contribution in [3.8, 4) is 0 Å². The van der Waals surface area contributed by atoms with E-state index in [0.717, 1.165) is 43.4 Å². The van der Waals surface area contributed by atoms with Gasteiger partial charge < -0.3 is 16.3 Å². The van der Waals surface area contributed by atoms with Crippen LogP contribution in [0.4, 0.5) is 0 Å². The monoisotopic (exact) mass is 295 g/mol. The topological polar surface area (TPSA) is 87.7 Å². The van der Waals surface area contributed by atoms with Crippen LogP contribution in [0.1, 0.15) is 53.1 Å². The van der Waals surface area contributed by atoms with Gasteiger partial charge in [-0.15, -0.1) is 11.3 Å². The van der Waals surface area contributed by atoms with E-state index < -0.39 is 5.54 Å². The van der Waals surface area contributed by atoms with Gasteiger partial charge in [-0.3, -0.25) is 4.79 Å². The Morgan fingerprint density at radius 1 is 1.35 bits per heavy atom. The second kappa shape index (κ2) is 6.26. The number of amidine groups is 1. The first kappa shape index (κ1) is 14.8. The summed E-state index contributed by atoms with van der Waals surface area (Å²) < 4.78 is 0. The summed E-state index contributed by atoms with van der Waals surface area (Å²) in [4.78, 5) is 14.1. The zero-order chi connectivity index (χ0) is 14.6. The molecule has 6 heteroatoms. The smallest absolute Gasteiger partial charge is 0.262 e. The molecule has 1 aromatic rings. The number of hydrogen-bond acceptors (Lipinski definition) is 4. The lowest BCUT2D eigenvalue weighted by molar-refractivity contribution is 0.0919. The second-order valence-corrected chi connectivity index (χ2v) is 6.63. The number of hydrogen-bond donors (Lipinski definition) is 3. The van der Waals surface area contributed by atoms with Gasteiger partial charge in [0.1, 0.15) is 5.54 Å². The number of carbonyl (C=O) groups excluding carboxylic acids is 1. The molecule has 0 aromatic carbocycles. The number of nitrogens with two attached hydrogens (primary N) is 1. The van der Waals surface area contributed by atoms with Gasteiger partial charge in [0.25, 0.3) is 5.91 Å². The average Bonchev–Trinajstić information content (AvgIpc) is 2.74. The Kier molecular flexibility index (Phi) is 4.65. The molecule has 0 saturated heterocycles. The SMILES string of the molecule is Cc1ccc(C(=O)NC2(/C(N)=N/O)CCCCCC2)s1. The molecule has 4 N–H and O–H groups in total. The molecule has 2 rings (SSSR count). The van der Waals surface area contributed by atoms with Crippen LogP contribution in [-0.2, 0) is 0 Å². The maximum Gasteiger partial charge on any atom is 0.262 e. The third kappa shape index (κ3) is 3.12. The largest absolute Gasteiger partial charge is 0.409 e. The number of carbonyl (C=O) groups is 1. The van der Waals surface area contributed by atoms with Gasteiger partial charge in [0, 0.05) is 4.88 Å². The average molecular weight is 295 g/mol. The van der Waals surface area contributed by atoms with Gasteiger partial charge in [-0.25, -0.2) is 0 Å². The van der Waals surface area contributed by atoms with E-state index in [-0.39, 0.29) is 11.7 Å². The first-order valence-corrected chi connectivity index (χ1v) is 7.76. The summed E-state index contributed by atoms with van der Waals surface area (Å²) in [5.41, 5.74) is 5.16. The zero-order valence-electron chi connectivity index (χ0n) is 11.7. The summed E-state index contributed by atoms with van der Waals surface area (Å²) in [6.45, 7) is 1.96. The van der Waals surface area contributed by atoms with Crippen molar-refractivity contribution in [2.75, 3.05) is 0 Å². The first-order valence-electron chi connectivity index (χ1n) is 6.94. The molecule has 0 unspecified atom stereocenters. The van der Waals surface area contributed by atoms with E-state index in [1.807, 2.05) is 19.1 Å². The predicted octanol–water partition coefficient (Wildman–Crippen LogP) is 2.63. The number of nitrogens with zero attached hydrogens (tertiary/aromatic N) is 1. The highest BCUT2D eigenvalue weighted by atomic mass is 32.1. The molecule has 1 fully saturated rings. The van der Waals surface area contributed by atoms with E-state index >= 15 is 0 Å². The number of rotatable bonds is 3. The van der Waals surface area contributed by atoms with Crippen LogP contribution in [0, 0.1) is 6.92 Å². The standard InChI is InChI=1S/C14H21N3O2S/c1-10-6-7-11(20-10)12(18)16-14(13(15)17-19)8-4-2-3-5-9-14/h6-7,19H,2-5,8-9H2,1H3,(H2,15,17)(H,16,18). The Morgan fingerprint density at radius 3 is 2.50 bits per heavy atom. The van der Waals surface area contributed by atoms with Gasteiger partial charge in [-0.05, 0) is 31.9 Å². The van der Waals surface area contributed by atoms with E-state index in [2.05, 4.69) is 10.5 Å². The van der Waals surface area contributed by atoms with Gasteiger partial charge >= 0.3 is 0 Å². The fourth-order valence-electron chi connectivity index (χ4n) is 2.71. The van der Waals surface area contributed by atoms with Crippen molar-refractivity contribution in [2.45, 2.75) is 51.0 Å². The lowest BCUT2D eigenvalue weighted by Crippen LogP contribution is -2.57. The Hall–Kier alpha value is -1.56. The lowest BCUT2D eigenvalue weighted by Gasteiger charge is -2.32. The van der Waals surface area contributed by atoms with Gasteiger partial charge in [0.2, 0.25) is 0 Å². The molecule has 110 valence electrons. The van der Waals surface area contributed by atoms with Crippen molar-refractivity contribution in [3.63, 3.8) is 0 Å². The molecule has 1 aliphatic rings. The first-order chi connectivity index (χ1) is 9.57. The second-order valence-electron chi connectivity index (χ2n) is 5.35. The molecule has 0 aliphatic heterocycles. The van der Waals surface area contributed by atoms with Crippen LogP contribution in [0.5, 0.6) is 0 Å². The van der Waals surface area contributed by atoms with Crippen LogP contribution in [0.3, 0.4) is 0 Å². The van der Waals surface area contributed by atoms with Crippen molar-refractivity contribution < 1.29 is 10.0 Å². The minimum atomic E-state index is -0.708. The maximum atomic E-state index is 12.4. The molecule has 5 nitrogen and oxygen atoms in total. The van der Waals surface area contributed by atoms with Gasteiger partial charge in [-0.2, -0.15) is 0 Å². The number of thiophene rings is 1. The minimum absolute atomic E-state index is 0.112. The molecular formula is C14H21N3O2S. The Balaban J connectivity index is 2.21. The quantitative estimate of drug-likeness (QED) is 0.263. The molecule has 1 aromatic heterocycles. The number of aryl methyl sites for hydroxylation is 1. The van der Waals surface area contributed by atoms with E-state index in [1.165, 1.54) is 11.3 Å². The molecule has 0 bridgehead atoms. The fourth-order valence-corrected chi connectivity index (χ4v) is 3.47. The minimum Gasteiger partial charge on any atom is -0.409 e. The lowest BCUT2D eigenvalue weighted by atomic mass is 9.88. The molecule has 0 radical (unpaired) electrons. The molecule has 20 heavy (non-hydrogen) atoms. The van der Waals surface area contributed by atoms with Crippen LogP contribution in [-0.4, -0.2) is 22.5 Å². The number of oxime groups is 1. The van der Waals surface area contributed by atoms with Crippen LogP contribution in [0.25, 0.3) is 0 Å². The van der Waals surface area contributed by atoms with Crippen molar-refractivity contribution in [3.05, 3.63) is 21.9 Å². The summed E-state index contributed by atoms with van der Waals surface area (Å²) >= 11 is 1.45. The van der Waals surface area contributed by atoms with Crippen LogP contribution in [0.15, 0.2) is 17.3 Å². The van der Waals surface area contributed by atoms with E-state index in [9.17, 15) is 4.79 Å². The molecule has 0 spiro atoms. The summed E-state index contributed by atoms with van der Waals surface area (Å²) in [6.07, 6.45) is 5.63. The zero-order valence-corrected chi connectivity index (χ0v) is 12.5. The third-order valence-electron chi connectivity index (χ3n) is 3.87. The normalized spacial score (nSPS) is 19.4. The van der Waals surface area contributed by atoms with E-state index in [4.69, 9.17) is 10.9 Å². The molecule has 1 amide bonds. The Bertz CT molecular complexity index is 502. The van der Waals surface area contributed by atoms with Crippen molar-refractivity contribution in [1.29, 1.82) is 0 Å². The van der Waals surface area contributed by atoms with E-state index in [1.54, 1.807) is 0 Å². The molecule has 1 aliphatic carbocycles. The van der Waals surface area contributed by atoms with Gasteiger partial charge in [0.05, 0.1) is 4.88 Å². The highest BCUT2D eigenvalue weighted by Gasteiger charge is 2.37. The summed E-state index contributed by atoms with van der Waals surface area (Å²) in [7, 11) is 0. The summed E-state index contributed by atoms with van der Waals surface area (Å²) in [5, 5.41) is 15.2.